The number of nitrogens with zero attached hydrogens (tertiary/aromatic N) is 2. The fourth-order valence-corrected chi connectivity index (χ4v) is 2.06. The van der Waals surface area contributed by atoms with Crippen LogP contribution in [0.3, 0.4) is 0 Å². The zero-order chi connectivity index (χ0) is 14.4. The molecule has 5 heteroatoms. The SMILES string of the molecule is CCNc1nc(NCC(C)COC)c2ccccc2n1. The van der Waals surface area contributed by atoms with Crippen LogP contribution in [0.4, 0.5) is 11.8 Å². The van der Waals surface area contributed by atoms with Gasteiger partial charge in [-0.05, 0) is 25.0 Å². The molecule has 2 aromatic rings. The van der Waals surface area contributed by atoms with Crippen molar-refractivity contribution in [3.8, 4) is 0 Å². The van der Waals surface area contributed by atoms with Crippen LogP contribution in [0.25, 0.3) is 10.9 Å². The van der Waals surface area contributed by atoms with E-state index in [0.717, 1.165) is 36.4 Å². The molecule has 108 valence electrons. The Bertz CT molecular complexity index is 559. The van der Waals surface area contributed by atoms with Crippen molar-refractivity contribution in [3.63, 3.8) is 0 Å². The van der Waals surface area contributed by atoms with Gasteiger partial charge in [0.1, 0.15) is 5.82 Å². The van der Waals surface area contributed by atoms with E-state index in [1.807, 2.05) is 31.2 Å². The number of hydrogen-bond donors (Lipinski definition) is 2. The Morgan fingerprint density at radius 3 is 2.75 bits per heavy atom. The minimum absolute atomic E-state index is 0.427. The number of benzene rings is 1. The van der Waals surface area contributed by atoms with Crippen LogP contribution in [0.1, 0.15) is 13.8 Å². The molecule has 1 aromatic heterocycles. The summed E-state index contributed by atoms with van der Waals surface area (Å²) in [5, 5.41) is 7.61. The third-order valence-electron chi connectivity index (χ3n) is 3.01. The Labute approximate surface area is 119 Å². The Hall–Kier alpha value is -1.88. The highest BCUT2D eigenvalue weighted by atomic mass is 16.5. The monoisotopic (exact) mass is 274 g/mol. The van der Waals surface area contributed by atoms with Gasteiger partial charge in [-0.15, -0.1) is 0 Å². The van der Waals surface area contributed by atoms with Gasteiger partial charge in [0.2, 0.25) is 5.95 Å². The summed E-state index contributed by atoms with van der Waals surface area (Å²) >= 11 is 0. The summed E-state index contributed by atoms with van der Waals surface area (Å²) < 4.78 is 5.16. The molecule has 1 unspecified atom stereocenters. The molecule has 20 heavy (non-hydrogen) atoms. The summed E-state index contributed by atoms with van der Waals surface area (Å²) in [5.74, 6) is 1.96. The number of nitrogens with one attached hydrogen (secondary N) is 2. The quantitative estimate of drug-likeness (QED) is 0.813. The van der Waals surface area contributed by atoms with E-state index in [1.165, 1.54) is 0 Å². The van der Waals surface area contributed by atoms with Crippen molar-refractivity contribution >= 4 is 22.7 Å². The first kappa shape index (κ1) is 14.5. The van der Waals surface area contributed by atoms with E-state index < -0.39 is 0 Å². The van der Waals surface area contributed by atoms with E-state index in [1.54, 1.807) is 7.11 Å². The highest BCUT2D eigenvalue weighted by Gasteiger charge is 2.08. The molecule has 0 amide bonds. The molecular formula is C15H22N4O. The van der Waals surface area contributed by atoms with E-state index in [4.69, 9.17) is 4.74 Å². The van der Waals surface area contributed by atoms with Crippen molar-refractivity contribution in [1.82, 2.24) is 9.97 Å². The van der Waals surface area contributed by atoms with E-state index in [9.17, 15) is 0 Å². The Morgan fingerprint density at radius 1 is 1.20 bits per heavy atom. The Balaban J connectivity index is 2.25. The first-order chi connectivity index (χ1) is 9.74. The van der Waals surface area contributed by atoms with E-state index in [-0.39, 0.29) is 0 Å². The average Bonchev–Trinajstić information content (AvgIpc) is 2.45. The number of para-hydroxylation sites is 1. The van der Waals surface area contributed by atoms with Gasteiger partial charge in [-0.1, -0.05) is 19.1 Å². The minimum atomic E-state index is 0.427. The molecule has 0 fully saturated rings. The summed E-state index contributed by atoms with van der Waals surface area (Å²) in [7, 11) is 1.72. The van der Waals surface area contributed by atoms with Gasteiger partial charge in [0.25, 0.3) is 0 Å². The lowest BCUT2D eigenvalue weighted by Crippen LogP contribution is -2.17. The zero-order valence-corrected chi connectivity index (χ0v) is 12.3. The third-order valence-corrected chi connectivity index (χ3v) is 3.01. The molecular weight excluding hydrogens is 252 g/mol. The van der Waals surface area contributed by atoms with Crippen molar-refractivity contribution < 1.29 is 4.74 Å². The molecule has 0 spiro atoms. The van der Waals surface area contributed by atoms with Gasteiger partial charge >= 0.3 is 0 Å². The van der Waals surface area contributed by atoms with Crippen molar-refractivity contribution in [2.24, 2.45) is 5.92 Å². The van der Waals surface area contributed by atoms with Gasteiger partial charge in [-0.2, -0.15) is 4.98 Å². The first-order valence-corrected chi connectivity index (χ1v) is 6.98. The standard InChI is InChI=1S/C15H22N4O/c1-4-16-15-18-13-8-6-5-7-12(13)14(19-15)17-9-11(2)10-20-3/h5-8,11H,4,9-10H2,1-3H3,(H2,16,17,18,19). The maximum atomic E-state index is 5.16. The molecule has 2 N–H and O–H groups in total. The number of methoxy groups -OCH3 is 1. The highest BCUT2D eigenvalue weighted by Crippen LogP contribution is 2.21. The number of anilines is 2. The fraction of sp³-hybridized carbons (Fsp3) is 0.467. The highest BCUT2D eigenvalue weighted by molar-refractivity contribution is 5.89. The van der Waals surface area contributed by atoms with Gasteiger partial charge in [0.15, 0.2) is 0 Å². The predicted octanol–water partition coefficient (Wildman–Crippen LogP) is 2.76. The number of rotatable bonds is 7. The summed E-state index contributed by atoms with van der Waals surface area (Å²) in [6, 6.07) is 8.03. The first-order valence-electron chi connectivity index (χ1n) is 6.98. The molecule has 1 heterocycles. The molecule has 0 aliphatic heterocycles. The van der Waals surface area contributed by atoms with Crippen LogP contribution in [0.5, 0.6) is 0 Å². The topological polar surface area (TPSA) is 59.1 Å². The number of fused-ring (bicyclic) bond motifs is 1. The van der Waals surface area contributed by atoms with Gasteiger partial charge < -0.3 is 15.4 Å². The maximum Gasteiger partial charge on any atom is 0.225 e. The molecule has 1 atom stereocenters. The van der Waals surface area contributed by atoms with Gasteiger partial charge in [0.05, 0.1) is 12.1 Å². The summed E-state index contributed by atoms with van der Waals surface area (Å²) in [5.41, 5.74) is 0.945. The lowest BCUT2D eigenvalue weighted by Gasteiger charge is -2.14. The Kier molecular flexibility index (Phi) is 5.12. The van der Waals surface area contributed by atoms with E-state index >= 15 is 0 Å². The summed E-state index contributed by atoms with van der Waals surface area (Å²) in [6.07, 6.45) is 0. The minimum Gasteiger partial charge on any atom is -0.384 e. The number of ether oxygens (including phenoxy) is 1. The molecule has 0 radical (unpaired) electrons. The molecule has 0 saturated heterocycles. The molecule has 0 aliphatic carbocycles. The van der Waals surface area contributed by atoms with Crippen molar-refractivity contribution in [2.75, 3.05) is 37.4 Å². The molecule has 0 saturated carbocycles. The largest absolute Gasteiger partial charge is 0.384 e. The summed E-state index contributed by atoms with van der Waals surface area (Å²) in [6.45, 7) is 6.53. The van der Waals surface area contributed by atoms with Crippen molar-refractivity contribution in [3.05, 3.63) is 24.3 Å². The molecule has 5 nitrogen and oxygen atoms in total. The molecule has 0 aliphatic rings. The van der Waals surface area contributed by atoms with Crippen LogP contribution in [0.15, 0.2) is 24.3 Å². The van der Waals surface area contributed by atoms with Gasteiger partial charge in [-0.25, -0.2) is 4.98 Å². The van der Waals surface area contributed by atoms with Crippen LogP contribution in [0.2, 0.25) is 0 Å². The lowest BCUT2D eigenvalue weighted by atomic mass is 10.2. The number of aromatic nitrogens is 2. The molecule has 1 aromatic carbocycles. The second-order valence-electron chi connectivity index (χ2n) is 4.88. The van der Waals surface area contributed by atoms with Crippen LogP contribution < -0.4 is 10.6 Å². The third kappa shape index (κ3) is 3.57. The second kappa shape index (κ2) is 7.05. The van der Waals surface area contributed by atoms with Crippen molar-refractivity contribution in [2.45, 2.75) is 13.8 Å². The second-order valence-corrected chi connectivity index (χ2v) is 4.88. The maximum absolute atomic E-state index is 5.16. The Morgan fingerprint density at radius 2 is 2.00 bits per heavy atom. The zero-order valence-electron chi connectivity index (χ0n) is 12.3. The predicted molar refractivity (Wildman–Crippen MR) is 83.2 cm³/mol. The normalized spacial score (nSPS) is 12.3. The van der Waals surface area contributed by atoms with E-state index in [0.29, 0.717) is 11.9 Å². The lowest BCUT2D eigenvalue weighted by molar-refractivity contribution is 0.164. The van der Waals surface area contributed by atoms with Crippen LogP contribution >= 0.6 is 0 Å². The van der Waals surface area contributed by atoms with E-state index in [2.05, 4.69) is 27.5 Å². The van der Waals surface area contributed by atoms with Crippen LogP contribution in [-0.2, 0) is 4.74 Å². The van der Waals surface area contributed by atoms with Crippen LogP contribution in [0, 0.1) is 5.92 Å². The average molecular weight is 274 g/mol. The van der Waals surface area contributed by atoms with Crippen LogP contribution in [-0.4, -0.2) is 36.8 Å². The molecule has 0 bridgehead atoms. The van der Waals surface area contributed by atoms with Gasteiger partial charge in [0, 0.05) is 25.6 Å². The van der Waals surface area contributed by atoms with Gasteiger partial charge in [-0.3, -0.25) is 0 Å². The fourth-order valence-electron chi connectivity index (χ4n) is 2.06. The molecule has 2 rings (SSSR count). The number of hydrogen-bond acceptors (Lipinski definition) is 5. The summed E-state index contributed by atoms with van der Waals surface area (Å²) in [4.78, 5) is 9.05. The van der Waals surface area contributed by atoms with Crippen molar-refractivity contribution in [1.29, 1.82) is 0 Å². The smallest absolute Gasteiger partial charge is 0.225 e.